The Morgan fingerprint density at radius 1 is 1.14 bits per heavy atom. The predicted molar refractivity (Wildman–Crippen MR) is 131 cm³/mol. The van der Waals surface area contributed by atoms with Gasteiger partial charge in [0.05, 0.1) is 30.6 Å². The number of aromatic nitrogens is 4. The van der Waals surface area contributed by atoms with Crippen molar-refractivity contribution in [2.75, 3.05) is 5.73 Å². The normalized spacial score (nSPS) is 22.2. The fraction of sp³-hybridized carbons (Fsp3) is 0.458. The van der Waals surface area contributed by atoms with E-state index in [9.17, 15) is 19.8 Å². The molecule has 0 aliphatic heterocycles. The van der Waals surface area contributed by atoms with Crippen LogP contribution < -0.4 is 16.4 Å². The number of alkyl carbamates (subject to hydrolysis) is 1. The van der Waals surface area contributed by atoms with Crippen LogP contribution >= 0.6 is 0 Å². The molecule has 12 heteroatoms. The summed E-state index contributed by atoms with van der Waals surface area (Å²) in [5, 5.41) is 27.3. The minimum absolute atomic E-state index is 0.202. The van der Waals surface area contributed by atoms with Gasteiger partial charge in [0.25, 0.3) is 5.91 Å². The molecule has 1 saturated carbocycles. The molecule has 1 fully saturated rings. The van der Waals surface area contributed by atoms with Crippen molar-refractivity contribution in [2.24, 2.45) is 0 Å². The maximum Gasteiger partial charge on any atom is 0.407 e. The predicted octanol–water partition coefficient (Wildman–Crippen LogP) is 1.29. The smallest absolute Gasteiger partial charge is 0.407 e. The molecule has 2 amide bonds. The monoisotopic (exact) mass is 497 g/mol. The summed E-state index contributed by atoms with van der Waals surface area (Å²) in [5.41, 5.74) is 7.25. The molecular formula is C24H31N7O5. The van der Waals surface area contributed by atoms with Crippen molar-refractivity contribution < 1.29 is 24.5 Å². The highest BCUT2D eigenvalue weighted by Gasteiger charge is 2.40. The Morgan fingerprint density at radius 3 is 2.56 bits per heavy atom. The summed E-state index contributed by atoms with van der Waals surface area (Å²) in [7, 11) is 0. The van der Waals surface area contributed by atoms with Crippen molar-refractivity contribution >= 4 is 29.0 Å². The molecule has 0 spiro atoms. The molecule has 1 aliphatic rings. The largest absolute Gasteiger partial charge is 0.444 e. The Bertz CT molecular complexity index is 1240. The van der Waals surface area contributed by atoms with Gasteiger partial charge in [-0.05, 0) is 51.3 Å². The van der Waals surface area contributed by atoms with Crippen LogP contribution in [0.4, 0.5) is 10.6 Å². The second-order valence-electron chi connectivity index (χ2n) is 9.84. The van der Waals surface area contributed by atoms with Crippen molar-refractivity contribution in [1.82, 2.24) is 30.2 Å². The third-order valence-corrected chi connectivity index (χ3v) is 6.01. The second kappa shape index (κ2) is 10.1. The molecule has 4 rings (SSSR count). The molecule has 4 atom stereocenters. The van der Waals surface area contributed by atoms with Crippen LogP contribution in [0.25, 0.3) is 11.2 Å². The van der Waals surface area contributed by atoms with E-state index in [4.69, 9.17) is 10.5 Å². The highest BCUT2D eigenvalue weighted by Crippen LogP contribution is 2.32. The first-order valence-corrected chi connectivity index (χ1v) is 11.7. The summed E-state index contributed by atoms with van der Waals surface area (Å²) in [4.78, 5) is 37.0. The average molecular weight is 498 g/mol. The number of carbonyl (C=O) groups excluding carboxylic acids is 2. The number of ether oxygens (including phenoxy) is 1. The van der Waals surface area contributed by atoms with Gasteiger partial charge in [-0.3, -0.25) is 4.79 Å². The molecule has 2 aromatic heterocycles. The molecule has 192 valence electrons. The first-order chi connectivity index (χ1) is 17.0. The quantitative estimate of drug-likeness (QED) is 0.347. The number of benzene rings is 1. The van der Waals surface area contributed by atoms with Crippen LogP contribution in [0, 0.1) is 0 Å². The molecule has 1 aliphatic carbocycles. The lowest BCUT2D eigenvalue weighted by molar-refractivity contribution is -0.0323. The van der Waals surface area contributed by atoms with Crippen LogP contribution in [0.3, 0.4) is 0 Å². The Hall–Kier alpha value is -3.77. The number of amides is 2. The highest BCUT2D eigenvalue weighted by molar-refractivity contribution is 5.94. The molecule has 6 N–H and O–H groups in total. The van der Waals surface area contributed by atoms with E-state index in [0.29, 0.717) is 29.6 Å². The number of hydrogen-bond acceptors (Lipinski definition) is 9. The van der Waals surface area contributed by atoms with Gasteiger partial charge in [0.15, 0.2) is 11.5 Å². The summed E-state index contributed by atoms with van der Waals surface area (Å²) in [6.45, 7) is 5.61. The molecule has 2 heterocycles. The van der Waals surface area contributed by atoms with E-state index in [2.05, 4.69) is 25.6 Å². The second-order valence-corrected chi connectivity index (χ2v) is 9.84. The Balaban J connectivity index is 1.40. The lowest BCUT2D eigenvalue weighted by Crippen LogP contribution is -2.53. The van der Waals surface area contributed by atoms with Crippen LogP contribution in [0.1, 0.15) is 55.6 Å². The number of carbonyl (C=O) groups is 2. The van der Waals surface area contributed by atoms with Gasteiger partial charge < -0.3 is 35.9 Å². The number of hydrogen-bond donors (Lipinski definition) is 5. The summed E-state index contributed by atoms with van der Waals surface area (Å²) in [6.07, 6.45) is 1.04. The number of aliphatic hydroxyl groups excluding tert-OH is 2. The fourth-order valence-electron chi connectivity index (χ4n) is 4.27. The van der Waals surface area contributed by atoms with Crippen molar-refractivity contribution in [2.45, 2.75) is 70.1 Å². The lowest BCUT2D eigenvalue weighted by Gasteiger charge is -2.39. The van der Waals surface area contributed by atoms with E-state index in [1.54, 1.807) is 49.6 Å². The van der Waals surface area contributed by atoms with Crippen molar-refractivity contribution in [3.63, 3.8) is 0 Å². The Kier molecular flexibility index (Phi) is 7.09. The summed E-state index contributed by atoms with van der Waals surface area (Å²) < 4.78 is 6.79. The number of imidazole rings is 1. The van der Waals surface area contributed by atoms with Gasteiger partial charge >= 0.3 is 6.09 Å². The number of nitrogens with one attached hydrogen (secondary N) is 2. The van der Waals surface area contributed by atoms with E-state index >= 15 is 0 Å². The first-order valence-electron chi connectivity index (χ1n) is 11.7. The van der Waals surface area contributed by atoms with Crippen LogP contribution in [0.5, 0.6) is 0 Å². The average Bonchev–Trinajstić information content (AvgIpc) is 3.24. The van der Waals surface area contributed by atoms with Gasteiger partial charge in [-0.15, -0.1) is 0 Å². The van der Waals surface area contributed by atoms with Crippen molar-refractivity contribution in [1.29, 1.82) is 0 Å². The zero-order valence-corrected chi connectivity index (χ0v) is 20.4. The van der Waals surface area contributed by atoms with Crippen LogP contribution in [0.15, 0.2) is 36.9 Å². The fourth-order valence-corrected chi connectivity index (χ4v) is 4.27. The van der Waals surface area contributed by atoms with E-state index in [1.165, 1.54) is 12.7 Å². The van der Waals surface area contributed by atoms with E-state index in [1.807, 2.05) is 0 Å². The number of aliphatic hydroxyl groups is 2. The Labute approximate surface area is 207 Å². The number of anilines is 1. The molecule has 0 bridgehead atoms. The van der Waals surface area contributed by atoms with Gasteiger partial charge in [0, 0.05) is 12.1 Å². The van der Waals surface area contributed by atoms with Gasteiger partial charge in [-0.1, -0.05) is 12.1 Å². The van der Waals surface area contributed by atoms with E-state index < -0.39 is 36.0 Å². The number of nitrogen functional groups attached to an aromatic ring is 1. The van der Waals surface area contributed by atoms with Crippen LogP contribution in [-0.2, 0) is 11.3 Å². The number of nitrogens with zero attached hydrogens (tertiary/aromatic N) is 4. The molecular weight excluding hydrogens is 466 g/mol. The summed E-state index contributed by atoms with van der Waals surface area (Å²) >= 11 is 0. The van der Waals surface area contributed by atoms with E-state index in [-0.39, 0.29) is 18.3 Å². The first kappa shape index (κ1) is 25.3. The Morgan fingerprint density at radius 2 is 1.86 bits per heavy atom. The van der Waals surface area contributed by atoms with Gasteiger partial charge in [0.1, 0.15) is 17.4 Å². The van der Waals surface area contributed by atoms with Crippen molar-refractivity contribution in [3.8, 4) is 0 Å². The maximum absolute atomic E-state index is 12.9. The number of fused-ring (bicyclic) bond motifs is 1. The topological polar surface area (TPSA) is 178 Å². The third kappa shape index (κ3) is 5.55. The minimum Gasteiger partial charge on any atom is -0.444 e. The van der Waals surface area contributed by atoms with Gasteiger partial charge in [0.2, 0.25) is 0 Å². The molecule has 36 heavy (non-hydrogen) atoms. The van der Waals surface area contributed by atoms with Crippen LogP contribution in [0.2, 0.25) is 0 Å². The summed E-state index contributed by atoms with van der Waals surface area (Å²) in [6, 6.07) is 5.38. The molecule has 0 radical (unpaired) electrons. The standard InChI is InChI=1S/C24H31N7O5/c1-24(2,3)36-23(35)26-10-13-4-6-14(7-5-13)22(34)30-15-8-9-16(32)18(19(15)33)31-12-29-17-20(25)27-11-28-21(17)31/h4-7,11-12,15-16,18-19,32-33H,8-10H2,1-3H3,(H,26,35)(H,30,34)(H2,25,27,28)/t15-,16+,18-,19-/m1/s1. The van der Waals surface area contributed by atoms with Crippen LogP contribution in [-0.4, -0.2) is 65.6 Å². The van der Waals surface area contributed by atoms with Crippen molar-refractivity contribution in [3.05, 3.63) is 48.0 Å². The third-order valence-electron chi connectivity index (χ3n) is 6.01. The summed E-state index contributed by atoms with van der Waals surface area (Å²) in [5.74, 6) is -0.156. The van der Waals surface area contributed by atoms with E-state index in [0.717, 1.165) is 5.56 Å². The highest BCUT2D eigenvalue weighted by atomic mass is 16.6. The molecule has 1 aromatic carbocycles. The minimum atomic E-state index is -1.09. The molecule has 12 nitrogen and oxygen atoms in total. The maximum atomic E-state index is 12.9. The number of nitrogens with two attached hydrogens (primary N) is 1. The zero-order chi connectivity index (χ0) is 26.0. The van der Waals surface area contributed by atoms with Gasteiger partial charge in [-0.2, -0.15) is 0 Å². The molecule has 0 unspecified atom stereocenters. The number of rotatable bonds is 5. The zero-order valence-electron chi connectivity index (χ0n) is 20.4. The van der Waals surface area contributed by atoms with Gasteiger partial charge in [-0.25, -0.2) is 19.7 Å². The lowest BCUT2D eigenvalue weighted by atomic mass is 9.85. The molecule has 0 saturated heterocycles. The molecule has 3 aromatic rings. The SMILES string of the molecule is CC(C)(C)OC(=O)NCc1ccc(C(=O)N[C@@H]2CC[C@H](O)[C@@H](n3cnc4c(N)ncnc43)[C@@H]2O)cc1.